The minimum atomic E-state index is -0.121. The van der Waals surface area contributed by atoms with Crippen LogP contribution >= 0.6 is 23.1 Å². The highest BCUT2D eigenvalue weighted by Gasteiger charge is 2.08. The third kappa shape index (κ3) is 5.37. The Balaban J connectivity index is 1.78. The Morgan fingerprint density at radius 3 is 2.79 bits per heavy atom. The Morgan fingerprint density at radius 1 is 1.21 bits per heavy atom. The fraction of sp³-hybridized carbons (Fsp3) is 0.304. The number of carbonyl (C=O) groups excluding carboxylic acids is 1. The van der Waals surface area contributed by atoms with Gasteiger partial charge in [-0.1, -0.05) is 67.0 Å². The van der Waals surface area contributed by atoms with Crippen LogP contribution in [0.5, 0.6) is 0 Å². The van der Waals surface area contributed by atoms with E-state index in [0.717, 1.165) is 22.4 Å². The molecule has 144 valence electrons. The fourth-order valence-corrected chi connectivity index (χ4v) is 4.83. The van der Waals surface area contributed by atoms with Crippen molar-refractivity contribution in [3.05, 3.63) is 64.5 Å². The molecular weight excluding hydrogens is 384 g/mol. The number of rotatable bonds is 8. The topological polar surface area (TPSA) is 34.4 Å². The molecule has 3 nitrogen and oxygen atoms in total. The molecule has 0 bridgehead atoms. The van der Waals surface area contributed by atoms with Crippen molar-refractivity contribution in [2.24, 2.45) is 4.99 Å². The van der Waals surface area contributed by atoms with Crippen molar-refractivity contribution < 1.29 is 4.79 Å². The highest BCUT2D eigenvalue weighted by molar-refractivity contribution is 7.99. The van der Waals surface area contributed by atoms with Gasteiger partial charge >= 0.3 is 0 Å². The molecule has 1 amide bonds. The number of terminal acetylenes is 1. The lowest BCUT2D eigenvalue weighted by Gasteiger charge is -2.02. The van der Waals surface area contributed by atoms with E-state index in [1.807, 2.05) is 22.8 Å². The normalized spacial score (nSPS) is 11.6. The highest BCUT2D eigenvalue weighted by atomic mass is 32.2. The van der Waals surface area contributed by atoms with E-state index in [1.54, 1.807) is 23.1 Å². The van der Waals surface area contributed by atoms with Crippen molar-refractivity contribution in [3.63, 3.8) is 0 Å². The van der Waals surface area contributed by atoms with Crippen LogP contribution in [0.4, 0.5) is 0 Å². The molecule has 0 saturated carbocycles. The van der Waals surface area contributed by atoms with Gasteiger partial charge in [0, 0.05) is 5.75 Å². The SMILES string of the molecule is C#CCn1c(=NC(=O)CSCc2ccccc2)sc2cc(CCCC)ccc21. The molecule has 5 heteroatoms. The molecule has 1 aromatic heterocycles. The Labute approximate surface area is 174 Å². The number of aryl methyl sites for hydroxylation is 1. The molecule has 0 aliphatic rings. The van der Waals surface area contributed by atoms with Gasteiger partial charge in [-0.15, -0.1) is 18.2 Å². The number of amides is 1. The molecule has 0 N–H and O–H groups in total. The number of aromatic nitrogens is 1. The molecule has 3 rings (SSSR count). The average molecular weight is 409 g/mol. The zero-order valence-electron chi connectivity index (χ0n) is 16.1. The summed E-state index contributed by atoms with van der Waals surface area (Å²) < 4.78 is 3.09. The first-order chi connectivity index (χ1) is 13.7. The van der Waals surface area contributed by atoms with Crippen LogP contribution in [-0.2, 0) is 23.5 Å². The van der Waals surface area contributed by atoms with E-state index in [4.69, 9.17) is 6.42 Å². The summed E-state index contributed by atoms with van der Waals surface area (Å²) in [5, 5.41) is 0. The van der Waals surface area contributed by atoms with E-state index in [0.29, 0.717) is 17.1 Å². The van der Waals surface area contributed by atoms with Crippen molar-refractivity contribution in [2.45, 2.75) is 38.5 Å². The van der Waals surface area contributed by atoms with Crippen molar-refractivity contribution in [1.82, 2.24) is 4.57 Å². The van der Waals surface area contributed by atoms with Crippen molar-refractivity contribution in [3.8, 4) is 12.3 Å². The van der Waals surface area contributed by atoms with E-state index in [2.05, 4.69) is 48.2 Å². The number of carbonyl (C=O) groups is 1. The minimum Gasteiger partial charge on any atom is -0.305 e. The maximum absolute atomic E-state index is 12.4. The summed E-state index contributed by atoms with van der Waals surface area (Å²) in [7, 11) is 0. The van der Waals surface area contributed by atoms with E-state index in [-0.39, 0.29) is 5.91 Å². The molecule has 1 heterocycles. The third-order valence-electron chi connectivity index (χ3n) is 4.37. The molecule has 2 aromatic carbocycles. The first-order valence-electron chi connectivity index (χ1n) is 9.46. The first-order valence-corrected chi connectivity index (χ1v) is 11.4. The smallest absolute Gasteiger partial charge is 0.258 e. The van der Waals surface area contributed by atoms with Crippen LogP contribution in [-0.4, -0.2) is 16.2 Å². The van der Waals surface area contributed by atoms with E-state index in [1.165, 1.54) is 24.0 Å². The van der Waals surface area contributed by atoms with Crippen LogP contribution in [0.3, 0.4) is 0 Å². The lowest BCUT2D eigenvalue weighted by molar-refractivity contribution is -0.115. The zero-order valence-corrected chi connectivity index (χ0v) is 17.7. The van der Waals surface area contributed by atoms with Gasteiger partial charge in [0.1, 0.15) is 0 Å². The first kappa shape index (κ1) is 20.4. The van der Waals surface area contributed by atoms with Crippen LogP contribution in [0.1, 0.15) is 30.9 Å². The molecule has 0 spiro atoms. The summed E-state index contributed by atoms with van der Waals surface area (Å²) in [4.78, 5) is 17.4. The number of hydrogen-bond donors (Lipinski definition) is 0. The maximum Gasteiger partial charge on any atom is 0.258 e. The Morgan fingerprint density at radius 2 is 2.04 bits per heavy atom. The predicted molar refractivity (Wildman–Crippen MR) is 120 cm³/mol. The largest absolute Gasteiger partial charge is 0.305 e. The van der Waals surface area contributed by atoms with Crippen LogP contribution < -0.4 is 4.80 Å². The Bertz CT molecular complexity index is 1040. The molecular formula is C23H24N2OS2. The van der Waals surface area contributed by atoms with Crippen molar-refractivity contribution in [1.29, 1.82) is 0 Å². The summed E-state index contributed by atoms with van der Waals surface area (Å²) in [5.74, 6) is 3.73. The van der Waals surface area contributed by atoms with Gasteiger partial charge in [0.2, 0.25) is 0 Å². The van der Waals surface area contributed by atoms with Gasteiger partial charge in [0.15, 0.2) is 4.80 Å². The molecule has 3 aromatic rings. The molecule has 0 aliphatic carbocycles. The monoisotopic (exact) mass is 408 g/mol. The number of hydrogen-bond acceptors (Lipinski definition) is 3. The zero-order chi connectivity index (χ0) is 19.8. The molecule has 0 radical (unpaired) electrons. The summed E-state index contributed by atoms with van der Waals surface area (Å²) >= 11 is 3.12. The molecule has 28 heavy (non-hydrogen) atoms. The van der Waals surface area contributed by atoms with Crippen molar-refractivity contribution >= 4 is 39.2 Å². The summed E-state index contributed by atoms with van der Waals surface area (Å²) in [6.07, 6.45) is 8.98. The Kier molecular flexibility index (Phi) is 7.53. The van der Waals surface area contributed by atoms with Gasteiger partial charge in [-0.3, -0.25) is 4.79 Å². The average Bonchev–Trinajstić information content (AvgIpc) is 3.04. The number of nitrogens with zero attached hydrogens (tertiary/aromatic N) is 2. The number of thiazole rings is 1. The summed E-state index contributed by atoms with van der Waals surface area (Å²) in [6, 6.07) is 16.6. The molecule has 0 aliphatic heterocycles. The second-order valence-electron chi connectivity index (χ2n) is 6.56. The standard InChI is InChI=1S/C23H24N2OS2/c1-3-5-9-18-12-13-20-21(15-18)28-23(25(20)14-4-2)24-22(26)17-27-16-19-10-7-6-8-11-19/h2,6-8,10-13,15H,3,5,9,14,16-17H2,1H3. The van der Waals surface area contributed by atoms with Gasteiger partial charge in [0.05, 0.1) is 22.5 Å². The van der Waals surface area contributed by atoms with Gasteiger partial charge in [-0.05, 0) is 36.1 Å². The fourth-order valence-electron chi connectivity index (χ4n) is 2.95. The van der Waals surface area contributed by atoms with Crippen molar-refractivity contribution in [2.75, 3.05) is 5.75 Å². The number of benzene rings is 2. The van der Waals surface area contributed by atoms with Gasteiger partial charge in [-0.2, -0.15) is 4.99 Å². The Hall–Kier alpha value is -2.29. The van der Waals surface area contributed by atoms with E-state index in [9.17, 15) is 4.79 Å². The van der Waals surface area contributed by atoms with Crippen LogP contribution in [0.25, 0.3) is 10.2 Å². The quantitative estimate of drug-likeness (QED) is 0.490. The number of thioether (sulfide) groups is 1. The predicted octanol–water partition coefficient (Wildman–Crippen LogP) is 5.04. The summed E-state index contributed by atoms with van der Waals surface area (Å²) in [6.45, 7) is 2.61. The van der Waals surface area contributed by atoms with Crippen LogP contribution in [0.2, 0.25) is 0 Å². The summed E-state index contributed by atoms with van der Waals surface area (Å²) in [5.41, 5.74) is 3.58. The van der Waals surface area contributed by atoms with E-state index < -0.39 is 0 Å². The number of unbranched alkanes of at least 4 members (excludes halogenated alkanes) is 1. The lowest BCUT2D eigenvalue weighted by atomic mass is 10.1. The van der Waals surface area contributed by atoms with Gasteiger partial charge in [-0.25, -0.2) is 0 Å². The molecule has 0 unspecified atom stereocenters. The van der Waals surface area contributed by atoms with E-state index >= 15 is 0 Å². The molecule has 0 fully saturated rings. The number of fused-ring (bicyclic) bond motifs is 1. The molecule has 0 saturated heterocycles. The van der Waals surface area contributed by atoms with Crippen LogP contribution in [0, 0.1) is 12.3 Å². The second-order valence-corrected chi connectivity index (χ2v) is 8.56. The third-order valence-corrected chi connectivity index (χ3v) is 6.40. The minimum absolute atomic E-state index is 0.121. The highest BCUT2D eigenvalue weighted by Crippen LogP contribution is 2.20. The van der Waals surface area contributed by atoms with Gasteiger partial charge in [0.25, 0.3) is 5.91 Å². The van der Waals surface area contributed by atoms with Crippen LogP contribution in [0.15, 0.2) is 53.5 Å². The van der Waals surface area contributed by atoms with Gasteiger partial charge < -0.3 is 4.57 Å². The lowest BCUT2D eigenvalue weighted by Crippen LogP contribution is -2.17. The second kappa shape index (κ2) is 10.3. The molecule has 0 atom stereocenters. The maximum atomic E-state index is 12.4.